The summed E-state index contributed by atoms with van der Waals surface area (Å²) >= 11 is 0. The molecule has 2 aromatic rings. The van der Waals surface area contributed by atoms with Gasteiger partial charge < -0.3 is 9.47 Å². The normalized spacial score (nSPS) is 11.0. The van der Waals surface area contributed by atoms with Crippen LogP contribution in [0.25, 0.3) is 10.8 Å². The van der Waals surface area contributed by atoms with Crippen molar-refractivity contribution >= 4 is 62.4 Å². The summed E-state index contributed by atoms with van der Waals surface area (Å²) in [6.07, 6.45) is 26.1. The van der Waals surface area contributed by atoms with Crippen LogP contribution in [0.2, 0.25) is 0 Å². The molecule has 1 radical (unpaired) electrons. The summed E-state index contributed by atoms with van der Waals surface area (Å²) in [6, 6.07) is 10.7. The van der Waals surface area contributed by atoms with E-state index in [-0.39, 0.29) is 59.2 Å². The van der Waals surface area contributed by atoms with E-state index in [2.05, 4.69) is 13.8 Å². The molecule has 0 aliphatic carbocycles. The molecule has 1 N–H and O–H groups in total. The van der Waals surface area contributed by atoms with Gasteiger partial charge in [0.2, 0.25) is 0 Å². The number of hydrogen-bond acceptors (Lipinski definition) is 6. The van der Waals surface area contributed by atoms with E-state index in [0.717, 1.165) is 31.1 Å². The maximum Gasteiger partial charge on any atom is 0.306 e. The van der Waals surface area contributed by atoms with Crippen LogP contribution >= 0.6 is 0 Å². The van der Waals surface area contributed by atoms with Crippen molar-refractivity contribution in [3.05, 3.63) is 42.0 Å². The van der Waals surface area contributed by atoms with Crippen LogP contribution in [0.5, 0.6) is 0 Å². The largest absolute Gasteiger partial charge is 0.466 e. The summed E-state index contributed by atoms with van der Waals surface area (Å²) in [6.45, 7) is 7.31. The zero-order valence-corrected chi connectivity index (χ0v) is 34.3. The topological polar surface area (TPSA) is 107 Å². The van der Waals surface area contributed by atoms with Gasteiger partial charge in [0.1, 0.15) is 4.90 Å². The first-order valence-electron chi connectivity index (χ1n) is 19.0. The molecule has 0 aliphatic heterocycles. The molecule has 49 heavy (non-hydrogen) atoms. The number of ether oxygens (including phenoxy) is 2. The van der Waals surface area contributed by atoms with Gasteiger partial charge in [-0.05, 0) is 30.2 Å². The molecule has 0 saturated heterocycles. The molecule has 0 heterocycles. The van der Waals surface area contributed by atoms with Gasteiger partial charge in [0.25, 0.3) is 10.1 Å². The number of carbonyl (C=O) groups is 2. The van der Waals surface area contributed by atoms with Crippen molar-refractivity contribution in [1.82, 2.24) is 0 Å². The second-order valence-electron chi connectivity index (χ2n) is 12.9. The van der Waals surface area contributed by atoms with Gasteiger partial charge in [-0.15, -0.1) is 0 Å². The summed E-state index contributed by atoms with van der Waals surface area (Å²) in [5, 5.41) is 1.39. The minimum atomic E-state index is -4.17. The SMILES string of the molecule is CCCCCCCCCCCCOC(=O)CCC(=O)OCCCCCCCCCCCC.CCc1ccc2ccccc2c1S(=O)(=O)O.[Na]. The van der Waals surface area contributed by atoms with Crippen molar-refractivity contribution in [2.45, 2.75) is 173 Å². The fourth-order valence-corrected chi connectivity index (χ4v) is 6.78. The average molecular weight is 714 g/mol. The molecule has 0 bridgehead atoms. The van der Waals surface area contributed by atoms with E-state index < -0.39 is 10.1 Å². The molecule has 0 spiro atoms. The standard InChI is InChI=1S/C28H54O4.C12H12O3S.Na/c1-3-5-7-9-11-13-15-17-19-21-25-31-27(29)23-24-28(30)32-26-22-20-18-16-14-12-10-8-6-4-2;1-2-9-7-8-10-5-3-4-6-11(10)12(9)16(13,14)15;/h3-26H2,1-2H3;3-8H,2H2,1H3,(H,13,14,15);. The number of fused-ring (bicyclic) bond motifs is 1. The number of carbonyl (C=O) groups excluding carboxylic acids is 2. The van der Waals surface area contributed by atoms with Crippen molar-refractivity contribution < 1.29 is 32.0 Å². The predicted octanol–water partition coefficient (Wildman–Crippen LogP) is 11.0. The quantitative estimate of drug-likeness (QED) is 0.0425. The van der Waals surface area contributed by atoms with E-state index in [1.54, 1.807) is 18.2 Å². The van der Waals surface area contributed by atoms with Gasteiger partial charge >= 0.3 is 11.9 Å². The van der Waals surface area contributed by atoms with Crippen molar-refractivity contribution in [2.75, 3.05) is 13.2 Å². The van der Waals surface area contributed by atoms with Gasteiger partial charge in [0.05, 0.1) is 26.1 Å². The van der Waals surface area contributed by atoms with Crippen LogP contribution in [-0.4, -0.2) is 67.7 Å². The summed E-state index contributed by atoms with van der Waals surface area (Å²) in [5.41, 5.74) is 0.640. The zero-order chi connectivity index (χ0) is 35.3. The van der Waals surface area contributed by atoms with Gasteiger partial charge in [0.15, 0.2) is 0 Å². The number of unbranched alkanes of at least 4 members (excludes halogenated alkanes) is 18. The van der Waals surface area contributed by atoms with Crippen LogP contribution in [0, 0.1) is 0 Å². The smallest absolute Gasteiger partial charge is 0.306 e. The maximum absolute atomic E-state index is 11.7. The van der Waals surface area contributed by atoms with Gasteiger partial charge in [-0.2, -0.15) is 8.42 Å². The Morgan fingerprint density at radius 2 is 0.959 bits per heavy atom. The second kappa shape index (κ2) is 31.3. The molecule has 0 fully saturated rings. The Bertz CT molecular complexity index is 1190. The third-order valence-electron chi connectivity index (χ3n) is 8.66. The van der Waals surface area contributed by atoms with Gasteiger partial charge in [-0.3, -0.25) is 14.1 Å². The van der Waals surface area contributed by atoms with Crippen LogP contribution < -0.4 is 0 Å². The number of hydrogen-bond donors (Lipinski definition) is 1. The molecule has 0 aromatic heterocycles. The molecular weight excluding hydrogens is 647 g/mol. The minimum absolute atomic E-state index is 0. The molecule has 0 unspecified atom stereocenters. The van der Waals surface area contributed by atoms with E-state index in [9.17, 15) is 22.6 Å². The van der Waals surface area contributed by atoms with E-state index in [1.807, 2.05) is 25.1 Å². The Morgan fingerprint density at radius 3 is 1.35 bits per heavy atom. The third kappa shape index (κ3) is 24.4. The monoisotopic (exact) mass is 713 g/mol. The van der Waals surface area contributed by atoms with Crippen LogP contribution in [0.4, 0.5) is 0 Å². The second-order valence-corrected chi connectivity index (χ2v) is 14.3. The van der Waals surface area contributed by atoms with Crippen molar-refractivity contribution in [1.29, 1.82) is 0 Å². The van der Waals surface area contributed by atoms with Crippen LogP contribution in [-0.2, 0) is 35.6 Å². The first kappa shape index (κ1) is 47.5. The number of aryl methyl sites for hydroxylation is 1. The summed E-state index contributed by atoms with van der Waals surface area (Å²) < 4.78 is 42.5. The average Bonchev–Trinajstić information content (AvgIpc) is 3.08. The Labute approximate surface area is 321 Å². The van der Waals surface area contributed by atoms with E-state index in [4.69, 9.17) is 9.47 Å². The van der Waals surface area contributed by atoms with Crippen molar-refractivity contribution in [2.24, 2.45) is 0 Å². The molecule has 0 saturated carbocycles. The van der Waals surface area contributed by atoms with Gasteiger partial charge in [-0.25, -0.2) is 0 Å². The van der Waals surface area contributed by atoms with Crippen LogP contribution in [0.15, 0.2) is 41.3 Å². The molecule has 2 aromatic carbocycles. The molecule has 0 aliphatic rings. The predicted molar refractivity (Wildman–Crippen MR) is 204 cm³/mol. The fourth-order valence-electron chi connectivity index (χ4n) is 5.77. The number of benzene rings is 2. The van der Waals surface area contributed by atoms with E-state index in [0.29, 0.717) is 30.6 Å². The molecule has 7 nitrogen and oxygen atoms in total. The Morgan fingerprint density at radius 1 is 0.571 bits per heavy atom. The summed E-state index contributed by atoms with van der Waals surface area (Å²) in [5.74, 6) is -0.561. The first-order chi connectivity index (χ1) is 23.2. The summed E-state index contributed by atoms with van der Waals surface area (Å²) in [4.78, 5) is 23.5. The Balaban J connectivity index is 0.00000112. The van der Waals surface area contributed by atoms with Crippen molar-refractivity contribution in [3.8, 4) is 0 Å². The Hall–Kier alpha value is -1.45. The molecule has 0 amide bonds. The third-order valence-corrected chi connectivity index (χ3v) is 9.65. The summed E-state index contributed by atoms with van der Waals surface area (Å²) in [7, 11) is -4.17. The maximum atomic E-state index is 11.7. The van der Waals surface area contributed by atoms with E-state index in [1.165, 1.54) is 103 Å². The first-order valence-corrected chi connectivity index (χ1v) is 20.5. The van der Waals surface area contributed by atoms with Crippen molar-refractivity contribution in [3.63, 3.8) is 0 Å². The molecule has 2 rings (SSSR count). The van der Waals surface area contributed by atoms with Crippen LogP contribution in [0.1, 0.15) is 168 Å². The molecule has 275 valence electrons. The fraction of sp³-hybridized carbons (Fsp3) is 0.700. The van der Waals surface area contributed by atoms with Gasteiger partial charge in [0, 0.05) is 34.9 Å². The Kier molecular flexibility index (Phi) is 30.4. The number of esters is 2. The van der Waals surface area contributed by atoms with Crippen LogP contribution in [0.3, 0.4) is 0 Å². The molecule has 9 heteroatoms. The molecule has 0 atom stereocenters. The van der Waals surface area contributed by atoms with E-state index >= 15 is 0 Å². The minimum Gasteiger partial charge on any atom is -0.466 e. The van der Waals surface area contributed by atoms with Gasteiger partial charge in [-0.1, -0.05) is 173 Å². The zero-order valence-electron chi connectivity index (χ0n) is 31.4. The number of rotatable bonds is 27. The molecular formula is C40H66NaO7S.